The number of amides is 2. The zero-order chi connectivity index (χ0) is 17.5. The highest BCUT2D eigenvalue weighted by atomic mass is 35.5. The lowest BCUT2D eigenvalue weighted by Gasteiger charge is -2.17. The predicted octanol–water partition coefficient (Wildman–Crippen LogP) is 2.90. The molecule has 2 rings (SSSR count). The van der Waals surface area contributed by atoms with Crippen molar-refractivity contribution in [2.75, 3.05) is 18.9 Å². The van der Waals surface area contributed by atoms with Crippen molar-refractivity contribution in [3.8, 4) is 0 Å². The van der Waals surface area contributed by atoms with Crippen LogP contribution in [0.25, 0.3) is 0 Å². The average molecular weight is 350 g/mol. The van der Waals surface area contributed by atoms with Gasteiger partial charge in [-0.15, -0.1) is 0 Å². The number of rotatable bonds is 6. The Morgan fingerprint density at radius 1 is 1.25 bits per heavy atom. The van der Waals surface area contributed by atoms with Crippen molar-refractivity contribution in [3.63, 3.8) is 0 Å². The lowest BCUT2D eigenvalue weighted by Crippen LogP contribution is -2.32. The summed E-state index contributed by atoms with van der Waals surface area (Å²) in [4.78, 5) is 29.4. The number of hydrogen-bond donors (Lipinski definition) is 1. The first-order valence-corrected chi connectivity index (χ1v) is 7.71. The molecule has 0 saturated carbocycles. The predicted molar refractivity (Wildman–Crippen MR) is 90.2 cm³/mol. The molecule has 126 valence electrons. The summed E-state index contributed by atoms with van der Waals surface area (Å²) < 4.78 is 13.1. The van der Waals surface area contributed by atoms with Crippen molar-refractivity contribution in [3.05, 3.63) is 59.1 Å². The lowest BCUT2D eigenvalue weighted by atomic mass is 10.2. The van der Waals surface area contributed by atoms with Crippen molar-refractivity contribution in [1.29, 1.82) is 0 Å². The smallest absolute Gasteiger partial charge is 0.233 e. The first-order chi connectivity index (χ1) is 11.5. The molecule has 0 radical (unpaired) electrons. The van der Waals surface area contributed by atoms with Crippen LogP contribution >= 0.6 is 11.6 Å². The zero-order valence-electron chi connectivity index (χ0n) is 13.1. The fourth-order valence-corrected chi connectivity index (χ4v) is 2.20. The van der Waals surface area contributed by atoms with Gasteiger partial charge in [-0.25, -0.2) is 4.39 Å². The molecule has 5 nitrogen and oxygen atoms in total. The molecule has 1 aromatic heterocycles. The molecule has 1 aromatic carbocycles. The number of likely N-dealkylation sites (N-methyl/N-ethyl adjacent to an activating group) is 1. The van der Waals surface area contributed by atoms with Gasteiger partial charge in [0, 0.05) is 31.7 Å². The first kappa shape index (κ1) is 17.9. The maximum Gasteiger partial charge on any atom is 0.233 e. The van der Waals surface area contributed by atoms with Crippen LogP contribution in [0, 0.1) is 5.82 Å². The van der Waals surface area contributed by atoms with E-state index in [1.165, 1.54) is 17.0 Å². The van der Waals surface area contributed by atoms with Gasteiger partial charge in [-0.05, 0) is 42.3 Å². The van der Waals surface area contributed by atoms with E-state index in [-0.39, 0.29) is 17.4 Å². The van der Waals surface area contributed by atoms with Crippen molar-refractivity contribution >= 4 is 29.1 Å². The quantitative estimate of drug-likeness (QED) is 0.816. The Bertz CT molecular complexity index is 725. The summed E-state index contributed by atoms with van der Waals surface area (Å²) in [6, 6.07) is 7.59. The van der Waals surface area contributed by atoms with E-state index in [1.54, 1.807) is 19.4 Å². The minimum absolute atomic E-state index is 0.0893. The van der Waals surface area contributed by atoms with Gasteiger partial charge >= 0.3 is 0 Å². The van der Waals surface area contributed by atoms with Gasteiger partial charge in [-0.2, -0.15) is 0 Å². The maximum atomic E-state index is 13.1. The van der Waals surface area contributed by atoms with E-state index in [4.69, 9.17) is 11.6 Å². The van der Waals surface area contributed by atoms with E-state index < -0.39 is 11.7 Å². The third-order valence-corrected chi connectivity index (χ3v) is 3.72. The zero-order valence-corrected chi connectivity index (χ0v) is 13.9. The number of nitrogens with zero attached hydrogens (tertiary/aromatic N) is 2. The van der Waals surface area contributed by atoms with Crippen LogP contribution in [0.15, 0.2) is 42.7 Å². The molecular formula is C17H17ClFN3O2. The molecule has 0 aliphatic heterocycles. The van der Waals surface area contributed by atoms with Gasteiger partial charge in [0.1, 0.15) is 12.2 Å². The highest BCUT2D eigenvalue weighted by Crippen LogP contribution is 2.19. The van der Waals surface area contributed by atoms with Crippen molar-refractivity contribution in [2.24, 2.45) is 0 Å². The molecule has 2 amide bonds. The Labute approximate surface area is 144 Å². The van der Waals surface area contributed by atoms with Gasteiger partial charge in [0.15, 0.2) is 0 Å². The standard InChI is InChI=1S/C17H17ClFN3O2/c1-22(9-6-12-4-7-20-8-5-12)17(24)11-16(23)21-13-2-3-15(19)14(18)10-13/h2-5,7-8,10H,6,9,11H2,1H3,(H,21,23). The minimum atomic E-state index is -0.568. The number of hydrogen-bond acceptors (Lipinski definition) is 3. The number of nitrogens with one attached hydrogen (secondary N) is 1. The number of pyridine rings is 1. The molecule has 1 heterocycles. The van der Waals surface area contributed by atoms with Crippen LogP contribution in [-0.4, -0.2) is 35.3 Å². The fraction of sp³-hybridized carbons (Fsp3) is 0.235. The second-order valence-corrected chi connectivity index (χ2v) is 5.68. The summed E-state index contributed by atoms with van der Waals surface area (Å²) in [6.45, 7) is 0.499. The molecular weight excluding hydrogens is 333 g/mol. The van der Waals surface area contributed by atoms with Crippen LogP contribution in [0.4, 0.5) is 10.1 Å². The highest BCUT2D eigenvalue weighted by molar-refractivity contribution is 6.31. The largest absolute Gasteiger partial charge is 0.345 e. The normalized spacial score (nSPS) is 10.3. The van der Waals surface area contributed by atoms with Crippen LogP contribution in [0.2, 0.25) is 5.02 Å². The second-order valence-electron chi connectivity index (χ2n) is 5.27. The summed E-state index contributed by atoms with van der Waals surface area (Å²) in [5.41, 5.74) is 1.41. The number of anilines is 1. The van der Waals surface area contributed by atoms with E-state index in [1.807, 2.05) is 12.1 Å². The molecule has 0 aliphatic rings. The van der Waals surface area contributed by atoms with Gasteiger partial charge in [0.25, 0.3) is 0 Å². The molecule has 0 bridgehead atoms. The number of carbonyl (C=O) groups excluding carboxylic acids is 2. The molecule has 1 N–H and O–H groups in total. The third kappa shape index (κ3) is 5.31. The molecule has 0 unspecified atom stereocenters. The Kier molecular flexibility index (Phi) is 6.26. The highest BCUT2D eigenvalue weighted by Gasteiger charge is 2.14. The Balaban J connectivity index is 1.81. The van der Waals surface area contributed by atoms with Gasteiger partial charge < -0.3 is 10.2 Å². The second kappa shape index (κ2) is 8.40. The van der Waals surface area contributed by atoms with E-state index in [0.29, 0.717) is 18.7 Å². The Hall–Kier alpha value is -2.47. The van der Waals surface area contributed by atoms with Crippen molar-refractivity contribution in [1.82, 2.24) is 9.88 Å². The number of benzene rings is 1. The Morgan fingerprint density at radius 3 is 2.62 bits per heavy atom. The molecule has 2 aromatic rings. The summed E-state index contributed by atoms with van der Waals surface area (Å²) >= 11 is 5.65. The number of carbonyl (C=O) groups is 2. The third-order valence-electron chi connectivity index (χ3n) is 3.43. The summed E-state index contributed by atoms with van der Waals surface area (Å²) in [6.07, 6.45) is 3.78. The monoisotopic (exact) mass is 349 g/mol. The van der Waals surface area contributed by atoms with Crippen molar-refractivity contribution < 1.29 is 14.0 Å². The molecule has 0 atom stereocenters. The van der Waals surface area contributed by atoms with Crippen LogP contribution < -0.4 is 5.32 Å². The van der Waals surface area contributed by atoms with Crippen LogP contribution in [0.5, 0.6) is 0 Å². The first-order valence-electron chi connectivity index (χ1n) is 7.33. The summed E-state index contributed by atoms with van der Waals surface area (Å²) in [7, 11) is 1.64. The molecule has 0 fully saturated rings. The molecule has 0 spiro atoms. The topological polar surface area (TPSA) is 62.3 Å². The molecule has 0 saturated heterocycles. The van der Waals surface area contributed by atoms with Crippen molar-refractivity contribution in [2.45, 2.75) is 12.8 Å². The number of halogens is 2. The summed E-state index contributed by atoms with van der Waals surface area (Å²) in [5, 5.41) is 2.43. The van der Waals surface area contributed by atoms with Crippen LogP contribution in [0.3, 0.4) is 0 Å². The molecule has 0 aliphatic carbocycles. The van der Waals surface area contributed by atoms with E-state index >= 15 is 0 Å². The van der Waals surface area contributed by atoms with Gasteiger partial charge in [0.2, 0.25) is 11.8 Å². The molecule has 24 heavy (non-hydrogen) atoms. The van der Waals surface area contributed by atoms with E-state index in [0.717, 1.165) is 11.6 Å². The van der Waals surface area contributed by atoms with Crippen LogP contribution in [-0.2, 0) is 16.0 Å². The van der Waals surface area contributed by atoms with Gasteiger partial charge in [-0.1, -0.05) is 11.6 Å². The average Bonchev–Trinajstić information content (AvgIpc) is 2.56. The Morgan fingerprint density at radius 2 is 1.96 bits per heavy atom. The number of aromatic nitrogens is 1. The SMILES string of the molecule is CN(CCc1ccncc1)C(=O)CC(=O)Nc1ccc(F)c(Cl)c1. The lowest BCUT2D eigenvalue weighted by molar-refractivity contribution is -0.133. The summed E-state index contributed by atoms with van der Waals surface area (Å²) in [5.74, 6) is -1.34. The molecule has 7 heteroatoms. The van der Waals surface area contributed by atoms with Crippen LogP contribution in [0.1, 0.15) is 12.0 Å². The van der Waals surface area contributed by atoms with Gasteiger partial charge in [0.05, 0.1) is 5.02 Å². The maximum absolute atomic E-state index is 13.1. The van der Waals surface area contributed by atoms with Gasteiger partial charge in [-0.3, -0.25) is 14.6 Å². The fourth-order valence-electron chi connectivity index (χ4n) is 2.02. The van der Waals surface area contributed by atoms with E-state index in [9.17, 15) is 14.0 Å². The van der Waals surface area contributed by atoms with E-state index in [2.05, 4.69) is 10.3 Å². The minimum Gasteiger partial charge on any atom is -0.345 e.